The van der Waals surface area contributed by atoms with E-state index in [1.54, 1.807) is 0 Å². The summed E-state index contributed by atoms with van der Waals surface area (Å²) in [6.45, 7) is 1.54. The number of halogens is 2. The number of anilines is 1. The van der Waals surface area contributed by atoms with Crippen molar-refractivity contribution < 1.29 is 13.6 Å². The number of nitrogen functional groups attached to an aromatic ring is 1. The van der Waals surface area contributed by atoms with Gasteiger partial charge >= 0.3 is 0 Å². The first-order chi connectivity index (χ1) is 6.43. The molecule has 6 heteroatoms. The quantitative estimate of drug-likeness (QED) is 0.749. The molecule has 76 valence electrons. The summed E-state index contributed by atoms with van der Waals surface area (Å²) in [5.41, 5.74) is 9.70. The van der Waals surface area contributed by atoms with Crippen molar-refractivity contribution in [2.75, 3.05) is 5.73 Å². The third kappa shape index (κ3) is 1.78. The van der Waals surface area contributed by atoms with Gasteiger partial charge in [-0.05, 0) is 13.0 Å². The Balaban J connectivity index is 3.44. The first kappa shape index (κ1) is 10.4. The van der Waals surface area contributed by atoms with Crippen molar-refractivity contribution in [2.24, 2.45) is 5.73 Å². The fraction of sp³-hybridized carbons (Fsp3) is 0.250. The second-order valence-electron chi connectivity index (χ2n) is 2.78. The van der Waals surface area contributed by atoms with Crippen LogP contribution in [0.4, 0.5) is 14.6 Å². The molecule has 0 saturated carbocycles. The Bertz CT molecular complexity index is 379. The molecule has 1 amide bonds. The zero-order valence-electron chi connectivity index (χ0n) is 7.42. The van der Waals surface area contributed by atoms with Crippen LogP contribution in [0.5, 0.6) is 0 Å². The van der Waals surface area contributed by atoms with Crippen LogP contribution in [0, 0.1) is 6.92 Å². The number of amides is 1. The van der Waals surface area contributed by atoms with Gasteiger partial charge in [-0.25, -0.2) is 13.8 Å². The number of nitrogens with two attached hydrogens (primary N) is 2. The summed E-state index contributed by atoms with van der Waals surface area (Å²) >= 11 is 0. The normalized spacial score (nSPS) is 10.6. The highest BCUT2D eigenvalue weighted by Crippen LogP contribution is 2.27. The lowest BCUT2D eigenvalue weighted by Gasteiger charge is -2.09. The number of carbonyl (C=O) groups is 1. The Morgan fingerprint density at radius 3 is 2.57 bits per heavy atom. The maximum absolute atomic E-state index is 12.5. The number of nitrogens with zero attached hydrogens (tertiary/aromatic N) is 1. The Kier molecular flexibility index (Phi) is 2.64. The molecule has 0 aliphatic rings. The van der Waals surface area contributed by atoms with Gasteiger partial charge in [0.15, 0.2) is 0 Å². The van der Waals surface area contributed by atoms with E-state index in [1.807, 2.05) is 0 Å². The van der Waals surface area contributed by atoms with Gasteiger partial charge in [-0.3, -0.25) is 4.79 Å². The summed E-state index contributed by atoms with van der Waals surface area (Å²) in [6.07, 6.45) is -2.86. The number of primary amides is 1. The molecule has 1 aromatic rings. The summed E-state index contributed by atoms with van der Waals surface area (Å²) in [4.78, 5) is 14.5. The fourth-order valence-corrected chi connectivity index (χ4v) is 1.14. The van der Waals surface area contributed by atoms with Crippen molar-refractivity contribution in [1.82, 2.24) is 4.98 Å². The first-order valence-corrected chi connectivity index (χ1v) is 3.78. The minimum atomic E-state index is -2.86. The van der Waals surface area contributed by atoms with Gasteiger partial charge in [-0.1, -0.05) is 0 Å². The topological polar surface area (TPSA) is 82.0 Å². The van der Waals surface area contributed by atoms with Crippen LogP contribution in [0.25, 0.3) is 0 Å². The molecule has 0 aliphatic heterocycles. The Labute approximate surface area is 78.9 Å². The Morgan fingerprint density at radius 1 is 1.57 bits per heavy atom. The molecule has 4 N–H and O–H groups in total. The highest BCUT2D eigenvalue weighted by Gasteiger charge is 2.21. The number of alkyl halides is 2. The molecular weight excluding hydrogens is 192 g/mol. The van der Waals surface area contributed by atoms with Crippen LogP contribution in [0.15, 0.2) is 6.07 Å². The highest BCUT2D eigenvalue weighted by molar-refractivity contribution is 5.95. The predicted octanol–water partition coefficient (Wildman–Crippen LogP) is 1.01. The molecule has 0 fully saturated rings. The molecule has 0 unspecified atom stereocenters. The molecule has 0 atom stereocenters. The van der Waals surface area contributed by atoms with E-state index in [1.165, 1.54) is 13.0 Å². The van der Waals surface area contributed by atoms with Gasteiger partial charge in [0.1, 0.15) is 5.82 Å². The van der Waals surface area contributed by atoms with E-state index in [4.69, 9.17) is 11.5 Å². The molecule has 1 rings (SSSR count). The maximum atomic E-state index is 12.5. The molecule has 1 aromatic heterocycles. The van der Waals surface area contributed by atoms with Gasteiger partial charge in [0.25, 0.3) is 6.43 Å². The standard InChI is InChI=1S/C8H9F2N3O/c1-3-2-4(8(12)14)5(6(9)10)7(11)13-3/h2,6H,1H3,(H2,11,13)(H2,12,14). The van der Waals surface area contributed by atoms with E-state index in [2.05, 4.69) is 4.98 Å². The van der Waals surface area contributed by atoms with Crippen LogP contribution in [-0.2, 0) is 0 Å². The molecule has 0 bridgehead atoms. The lowest BCUT2D eigenvalue weighted by molar-refractivity contribution is 0.0986. The number of hydrogen-bond acceptors (Lipinski definition) is 3. The average molecular weight is 201 g/mol. The van der Waals surface area contributed by atoms with Gasteiger partial charge in [0, 0.05) is 5.69 Å². The summed E-state index contributed by atoms with van der Waals surface area (Å²) in [6, 6.07) is 1.19. The smallest absolute Gasteiger partial charge is 0.268 e. The van der Waals surface area contributed by atoms with Gasteiger partial charge in [0.2, 0.25) is 5.91 Å². The molecule has 4 nitrogen and oxygen atoms in total. The van der Waals surface area contributed by atoms with Gasteiger partial charge in [-0.15, -0.1) is 0 Å². The van der Waals surface area contributed by atoms with Crippen LogP contribution < -0.4 is 11.5 Å². The van der Waals surface area contributed by atoms with Gasteiger partial charge in [0.05, 0.1) is 11.1 Å². The Hall–Kier alpha value is -1.72. The summed E-state index contributed by atoms with van der Waals surface area (Å²) in [5, 5.41) is 0. The lowest BCUT2D eigenvalue weighted by Crippen LogP contribution is -2.16. The second-order valence-corrected chi connectivity index (χ2v) is 2.78. The van der Waals surface area contributed by atoms with E-state index in [0.29, 0.717) is 5.69 Å². The fourth-order valence-electron chi connectivity index (χ4n) is 1.14. The molecule has 1 heterocycles. The lowest BCUT2D eigenvalue weighted by atomic mass is 10.1. The Morgan fingerprint density at radius 2 is 2.14 bits per heavy atom. The van der Waals surface area contributed by atoms with E-state index >= 15 is 0 Å². The molecule has 0 aliphatic carbocycles. The first-order valence-electron chi connectivity index (χ1n) is 3.78. The number of aryl methyl sites for hydroxylation is 1. The molecule has 0 aromatic carbocycles. The molecule has 0 radical (unpaired) electrons. The van der Waals surface area contributed by atoms with E-state index in [9.17, 15) is 13.6 Å². The minimum absolute atomic E-state index is 0.273. The summed E-state index contributed by atoms with van der Waals surface area (Å²) in [7, 11) is 0. The molecular formula is C8H9F2N3O. The van der Waals surface area contributed by atoms with Crippen LogP contribution in [-0.4, -0.2) is 10.9 Å². The van der Waals surface area contributed by atoms with Crippen LogP contribution in [0.2, 0.25) is 0 Å². The largest absolute Gasteiger partial charge is 0.383 e. The number of rotatable bonds is 2. The number of pyridine rings is 1. The minimum Gasteiger partial charge on any atom is -0.383 e. The zero-order valence-corrected chi connectivity index (χ0v) is 7.42. The van der Waals surface area contributed by atoms with E-state index in [0.717, 1.165) is 0 Å². The van der Waals surface area contributed by atoms with Crippen molar-refractivity contribution in [3.05, 3.63) is 22.9 Å². The third-order valence-corrected chi connectivity index (χ3v) is 1.70. The number of hydrogen-bond donors (Lipinski definition) is 2. The monoisotopic (exact) mass is 201 g/mol. The van der Waals surface area contributed by atoms with Crippen molar-refractivity contribution in [1.29, 1.82) is 0 Å². The SMILES string of the molecule is Cc1cc(C(N)=O)c(C(F)F)c(N)n1. The van der Waals surface area contributed by atoms with Crippen molar-refractivity contribution in [3.63, 3.8) is 0 Å². The zero-order chi connectivity index (χ0) is 10.9. The second kappa shape index (κ2) is 3.57. The molecule has 14 heavy (non-hydrogen) atoms. The van der Waals surface area contributed by atoms with Crippen LogP contribution in [0.3, 0.4) is 0 Å². The van der Waals surface area contributed by atoms with Crippen molar-refractivity contribution in [2.45, 2.75) is 13.3 Å². The van der Waals surface area contributed by atoms with Crippen molar-refractivity contribution >= 4 is 11.7 Å². The third-order valence-electron chi connectivity index (χ3n) is 1.70. The maximum Gasteiger partial charge on any atom is 0.268 e. The van der Waals surface area contributed by atoms with Crippen LogP contribution in [0.1, 0.15) is 28.0 Å². The summed E-state index contributed by atoms with van der Waals surface area (Å²) < 4.78 is 24.9. The van der Waals surface area contributed by atoms with Crippen molar-refractivity contribution in [3.8, 4) is 0 Å². The molecule has 0 saturated heterocycles. The van der Waals surface area contributed by atoms with E-state index < -0.39 is 17.9 Å². The summed E-state index contributed by atoms with van der Waals surface area (Å²) in [5.74, 6) is -1.29. The average Bonchev–Trinajstić information content (AvgIpc) is 2.01. The number of aromatic nitrogens is 1. The van der Waals surface area contributed by atoms with Crippen LogP contribution >= 0.6 is 0 Å². The molecule has 0 spiro atoms. The number of carbonyl (C=O) groups excluding carboxylic acids is 1. The predicted molar refractivity (Wildman–Crippen MR) is 46.9 cm³/mol. The van der Waals surface area contributed by atoms with E-state index in [-0.39, 0.29) is 11.4 Å². The van der Waals surface area contributed by atoms with Gasteiger partial charge < -0.3 is 11.5 Å². The highest BCUT2D eigenvalue weighted by atomic mass is 19.3. The van der Waals surface area contributed by atoms with Gasteiger partial charge in [-0.2, -0.15) is 0 Å².